The van der Waals surface area contributed by atoms with Crippen LogP contribution in [0.15, 0.2) is 0 Å². The summed E-state index contributed by atoms with van der Waals surface area (Å²) in [6.07, 6.45) is 7.13. The molecule has 1 saturated heterocycles. The predicted octanol–water partition coefficient (Wildman–Crippen LogP) is 3.81. The Kier molecular flexibility index (Phi) is 4.47. The fraction of sp³-hybridized carbons (Fsp3) is 0.941. The van der Waals surface area contributed by atoms with E-state index in [1.807, 2.05) is 0 Å². The van der Waals surface area contributed by atoms with Gasteiger partial charge in [0.2, 0.25) is 0 Å². The Hall–Kier alpha value is -0.590. The lowest BCUT2D eigenvalue weighted by atomic mass is 9.57. The number of aliphatic hydroxyl groups is 1. The molecule has 1 aliphatic carbocycles. The van der Waals surface area contributed by atoms with Gasteiger partial charge in [-0.15, -0.1) is 0 Å². The van der Waals surface area contributed by atoms with Crippen LogP contribution in [0.5, 0.6) is 0 Å². The van der Waals surface area contributed by atoms with Crippen LogP contribution < -0.4 is 0 Å². The van der Waals surface area contributed by atoms with Gasteiger partial charge in [-0.25, -0.2) is 0 Å². The molecule has 2 unspecified atom stereocenters. The molecule has 0 radical (unpaired) electrons. The van der Waals surface area contributed by atoms with Gasteiger partial charge in [-0.3, -0.25) is 0 Å². The second-order valence-corrected chi connectivity index (χ2v) is 7.16. The van der Waals surface area contributed by atoms with Crippen molar-refractivity contribution < 1.29 is 9.84 Å². The highest BCUT2D eigenvalue weighted by molar-refractivity contribution is 5.15. The average Bonchev–Trinajstić information content (AvgIpc) is 2.47. The van der Waals surface area contributed by atoms with Crippen molar-refractivity contribution in [2.24, 2.45) is 11.3 Å². The Morgan fingerprint density at radius 1 is 1.25 bits per heavy atom. The summed E-state index contributed by atoms with van der Waals surface area (Å²) in [4.78, 5) is 0. The number of nitriles is 1. The molecular weight excluding hydrogens is 250 g/mol. The lowest BCUT2D eigenvalue weighted by molar-refractivity contribution is -0.196. The van der Waals surface area contributed by atoms with Crippen molar-refractivity contribution in [3.05, 3.63) is 0 Å². The van der Waals surface area contributed by atoms with E-state index in [0.717, 1.165) is 38.0 Å². The van der Waals surface area contributed by atoms with Crippen molar-refractivity contribution in [1.29, 1.82) is 5.26 Å². The van der Waals surface area contributed by atoms with E-state index in [-0.39, 0.29) is 5.60 Å². The maximum atomic E-state index is 11.3. The van der Waals surface area contributed by atoms with Crippen molar-refractivity contribution in [1.82, 2.24) is 0 Å². The minimum Gasteiger partial charge on any atom is -0.388 e. The molecule has 0 aromatic heterocycles. The number of hydrogen-bond acceptors (Lipinski definition) is 3. The summed E-state index contributed by atoms with van der Waals surface area (Å²) in [7, 11) is 0. The molecule has 2 rings (SSSR count). The molecule has 20 heavy (non-hydrogen) atoms. The Morgan fingerprint density at radius 2 is 1.90 bits per heavy atom. The summed E-state index contributed by atoms with van der Waals surface area (Å²) in [5, 5.41) is 21.1. The summed E-state index contributed by atoms with van der Waals surface area (Å²) < 4.78 is 5.86. The molecule has 3 nitrogen and oxygen atoms in total. The van der Waals surface area contributed by atoms with E-state index in [2.05, 4.69) is 26.8 Å². The number of rotatable bonds is 3. The first kappa shape index (κ1) is 15.8. The molecule has 1 aliphatic heterocycles. The topological polar surface area (TPSA) is 53.2 Å². The molecule has 2 fully saturated rings. The van der Waals surface area contributed by atoms with Gasteiger partial charge in [0.05, 0.1) is 29.3 Å². The average molecular weight is 279 g/mol. The molecule has 1 saturated carbocycles. The van der Waals surface area contributed by atoms with E-state index >= 15 is 0 Å². The van der Waals surface area contributed by atoms with Crippen molar-refractivity contribution in [3.8, 4) is 6.07 Å². The van der Waals surface area contributed by atoms with Gasteiger partial charge in [0.1, 0.15) is 0 Å². The number of nitrogens with zero attached hydrogens (tertiary/aromatic N) is 1. The van der Waals surface area contributed by atoms with E-state index < -0.39 is 11.0 Å². The lowest BCUT2D eigenvalue weighted by Gasteiger charge is -2.52. The SMILES string of the molecule is CCC1CCC(C#N)(C2(O)CCOC(C)(CC)C2)CC1. The maximum Gasteiger partial charge on any atom is 0.0882 e. The largest absolute Gasteiger partial charge is 0.388 e. The zero-order chi connectivity index (χ0) is 14.9. The monoisotopic (exact) mass is 279 g/mol. The Labute approximate surface area is 123 Å². The van der Waals surface area contributed by atoms with Gasteiger partial charge in [-0.2, -0.15) is 5.26 Å². The molecule has 0 amide bonds. The molecule has 1 heterocycles. The van der Waals surface area contributed by atoms with Gasteiger partial charge < -0.3 is 9.84 Å². The van der Waals surface area contributed by atoms with Gasteiger partial charge in [-0.05, 0) is 44.9 Å². The fourth-order valence-electron chi connectivity index (χ4n) is 4.12. The lowest BCUT2D eigenvalue weighted by Crippen LogP contribution is -2.57. The third kappa shape index (κ3) is 2.61. The minimum atomic E-state index is -0.872. The summed E-state index contributed by atoms with van der Waals surface area (Å²) in [6.45, 7) is 6.96. The molecule has 114 valence electrons. The van der Waals surface area contributed by atoms with Crippen LogP contribution in [0.1, 0.15) is 72.1 Å². The van der Waals surface area contributed by atoms with Gasteiger partial charge in [0.15, 0.2) is 0 Å². The van der Waals surface area contributed by atoms with Crippen LogP contribution >= 0.6 is 0 Å². The first-order valence-corrected chi connectivity index (χ1v) is 8.20. The van der Waals surface area contributed by atoms with Crippen LogP contribution in [-0.2, 0) is 4.74 Å². The van der Waals surface area contributed by atoms with Crippen LogP contribution in [0.4, 0.5) is 0 Å². The Balaban J connectivity index is 2.20. The van der Waals surface area contributed by atoms with E-state index in [1.54, 1.807) is 0 Å². The van der Waals surface area contributed by atoms with Crippen LogP contribution in [0.3, 0.4) is 0 Å². The van der Waals surface area contributed by atoms with Gasteiger partial charge >= 0.3 is 0 Å². The molecule has 0 aromatic rings. The zero-order valence-electron chi connectivity index (χ0n) is 13.2. The Bertz CT molecular complexity index is 381. The predicted molar refractivity (Wildman–Crippen MR) is 79.1 cm³/mol. The number of hydrogen-bond donors (Lipinski definition) is 1. The van der Waals surface area contributed by atoms with Crippen LogP contribution in [0.25, 0.3) is 0 Å². The molecule has 0 aromatic carbocycles. The molecule has 0 spiro atoms. The summed E-state index contributed by atoms with van der Waals surface area (Å²) in [5.74, 6) is 0.734. The molecule has 3 heteroatoms. The van der Waals surface area contributed by atoms with Gasteiger partial charge in [-0.1, -0.05) is 20.3 Å². The third-order valence-electron chi connectivity index (χ3n) is 6.02. The highest BCUT2D eigenvalue weighted by Gasteiger charge is 2.56. The van der Waals surface area contributed by atoms with Crippen molar-refractivity contribution in [2.75, 3.05) is 6.61 Å². The third-order valence-corrected chi connectivity index (χ3v) is 6.02. The van der Waals surface area contributed by atoms with E-state index in [1.165, 1.54) is 6.42 Å². The van der Waals surface area contributed by atoms with Crippen molar-refractivity contribution >= 4 is 0 Å². The standard InChI is InChI=1S/C17H29NO2/c1-4-14-6-8-16(13-18,9-7-14)17(19)10-11-20-15(3,5-2)12-17/h14,19H,4-12H2,1-3H3. The molecular formula is C17H29NO2. The van der Waals surface area contributed by atoms with E-state index in [9.17, 15) is 10.4 Å². The normalized spacial score (nSPS) is 45.9. The van der Waals surface area contributed by atoms with Gasteiger partial charge in [0.25, 0.3) is 0 Å². The van der Waals surface area contributed by atoms with Crippen LogP contribution in [0, 0.1) is 22.7 Å². The number of ether oxygens (including phenoxy) is 1. The van der Waals surface area contributed by atoms with E-state index in [4.69, 9.17) is 4.74 Å². The first-order chi connectivity index (χ1) is 9.42. The Morgan fingerprint density at radius 3 is 2.40 bits per heavy atom. The molecule has 2 atom stereocenters. The second kappa shape index (κ2) is 5.66. The van der Waals surface area contributed by atoms with Crippen molar-refractivity contribution in [2.45, 2.75) is 83.3 Å². The molecule has 1 N–H and O–H groups in total. The summed E-state index contributed by atoms with van der Waals surface area (Å²) in [5.41, 5.74) is -1.71. The zero-order valence-corrected chi connectivity index (χ0v) is 13.2. The second-order valence-electron chi connectivity index (χ2n) is 7.16. The molecule has 0 bridgehead atoms. The first-order valence-electron chi connectivity index (χ1n) is 8.20. The van der Waals surface area contributed by atoms with E-state index in [0.29, 0.717) is 19.4 Å². The highest BCUT2D eigenvalue weighted by atomic mass is 16.5. The van der Waals surface area contributed by atoms with Crippen LogP contribution in [-0.4, -0.2) is 22.9 Å². The fourth-order valence-corrected chi connectivity index (χ4v) is 4.12. The van der Waals surface area contributed by atoms with Crippen molar-refractivity contribution in [3.63, 3.8) is 0 Å². The maximum absolute atomic E-state index is 11.3. The molecule has 2 aliphatic rings. The van der Waals surface area contributed by atoms with Crippen LogP contribution in [0.2, 0.25) is 0 Å². The quantitative estimate of drug-likeness (QED) is 0.854. The smallest absolute Gasteiger partial charge is 0.0882 e. The summed E-state index contributed by atoms with van der Waals surface area (Å²) >= 11 is 0. The minimum absolute atomic E-state index is 0.279. The highest BCUT2D eigenvalue weighted by Crippen LogP contribution is 2.53. The summed E-state index contributed by atoms with van der Waals surface area (Å²) in [6, 6.07) is 2.53. The van der Waals surface area contributed by atoms with Gasteiger partial charge in [0, 0.05) is 12.8 Å².